The molecule has 0 fully saturated rings. The number of amides is 1. The zero-order chi connectivity index (χ0) is 19.6. The number of ether oxygens (including phenoxy) is 1. The van der Waals surface area contributed by atoms with Gasteiger partial charge in [-0.3, -0.25) is 4.79 Å². The number of hydrogen-bond donors (Lipinski definition) is 0. The van der Waals surface area contributed by atoms with Crippen LogP contribution in [0.5, 0.6) is 0 Å². The lowest BCUT2D eigenvalue weighted by atomic mass is 10.0. The summed E-state index contributed by atoms with van der Waals surface area (Å²) >= 11 is 1.09. The molecule has 0 aliphatic rings. The van der Waals surface area contributed by atoms with Gasteiger partial charge in [0.2, 0.25) is 0 Å². The number of halogens is 2. The molecule has 0 saturated carbocycles. The third-order valence-electron chi connectivity index (χ3n) is 4.27. The number of nitrogens with zero attached hydrogens (tertiary/aromatic N) is 2. The number of carbonyl (C=O) groups excluding carboxylic acids is 1. The van der Waals surface area contributed by atoms with Gasteiger partial charge < -0.3 is 9.30 Å². The van der Waals surface area contributed by atoms with Gasteiger partial charge in [-0.2, -0.15) is 4.99 Å². The van der Waals surface area contributed by atoms with Crippen molar-refractivity contribution in [2.75, 3.05) is 13.7 Å². The Morgan fingerprint density at radius 2 is 2.00 bits per heavy atom. The lowest BCUT2D eigenvalue weighted by Crippen LogP contribution is -2.20. The second kappa shape index (κ2) is 8.10. The molecule has 0 aliphatic carbocycles. The van der Waals surface area contributed by atoms with E-state index in [9.17, 15) is 13.6 Å². The number of fused-ring (bicyclic) bond motifs is 1. The molecule has 1 amide bonds. The minimum Gasteiger partial charge on any atom is -0.383 e. The van der Waals surface area contributed by atoms with Crippen molar-refractivity contribution in [2.45, 2.75) is 26.8 Å². The highest BCUT2D eigenvalue weighted by atomic mass is 32.1. The van der Waals surface area contributed by atoms with Gasteiger partial charge in [0.15, 0.2) is 10.6 Å². The summed E-state index contributed by atoms with van der Waals surface area (Å²) in [5.41, 5.74) is 3.28. The van der Waals surface area contributed by atoms with Crippen LogP contribution >= 0.6 is 11.3 Å². The normalized spacial score (nSPS) is 12.1. The number of methoxy groups -OCH3 is 1. The molecule has 0 saturated heterocycles. The lowest BCUT2D eigenvalue weighted by Gasteiger charge is -2.06. The van der Waals surface area contributed by atoms with Crippen molar-refractivity contribution in [3.8, 4) is 0 Å². The quantitative estimate of drug-likeness (QED) is 0.663. The van der Waals surface area contributed by atoms with Gasteiger partial charge in [-0.05, 0) is 31.0 Å². The molecule has 3 rings (SSSR count). The predicted octanol–water partition coefficient (Wildman–Crippen LogP) is 3.91. The summed E-state index contributed by atoms with van der Waals surface area (Å²) < 4.78 is 34.9. The maximum Gasteiger partial charge on any atom is 0.252 e. The molecule has 0 bridgehead atoms. The molecule has 7 heteroatoms. The van der Waals surface area contributed by atoms with Crippen molar-refractivity contribution >= 4 is 27.5 Å². The van der Waals surface area contributed by atoms with E-state index >= 15 is 0 Å². The summed E-state index contributed by atoms with van der Waals surface area (Å²) in [6.07, 6.45) is 0.154. The van der Waals surface area contributed by atoms with Gasteiger partial charge >= 0.3 is 0 Å². The highest BCUT2D eigenvalue weighted by molar-refractivity contribution is 7.16. The molecular formula is C20H20F2N2O2S. The van der Waals surface area contributed by atoms with E-state index in [-0.39, 0.29) is 17.8 Å². The van der Waals surface area contributed by atoms with Crippen LogP contribution in [0.1, 0.15) is 16.7 Å². The standard InChI is InChI=1S/C20H20F2N2O2S/c1-12-4-5-14(13(2)8-12)9-18(25)23-20-24(6-7-26-3)19-16(22)10-15(21)11-17(19)27-20/h4-5,8,10-11H,6-7,9H2,1-3H3. The zero-order valence-electron chi connectivity index (χ0n) is 15.4. The number of rotatable bonds is 5. The van der Waals surface area contributed by atoms with Gasteiger partial charge in [0.25, 0.3) is 5.91 Å². The van der Waals surface area contributed by atoms with Gasteiger partial charge in [0, 0.05) is 19.7 Å². The Balaban J connectivity index is 2.03. The van der Waals surface area contributed by atoms with Crippen molar-refractivity contribution in [3.05, 3.63) is 63.5 Å². The highest BCUT2D eigenvalue weighted by Crippen LogP contribution is 2.22. The Kier molecular flexibility index (Phi) is 5.82. The summed E-state index contributed by atoms with van der Waals surface area (Å²) in [5.74, 6) is -1.67. The fourth-order valence-corrected chi connectivity index (χ4v) is 4.07. The van der Waals surface area contributed by atoms with Crippen LogP contribution in [0.15, 0.2) is 35.3 Å². The number of carbonyl (C=O) groups is 1. The molecule has 2 aromatic carbocycles. The van der Waals surface area contributed by atoms with E-state index in [1.807, 2.05) is 32.0 Å². The first-order valence-corrected chi connectivity index (χ1v) is 9.31. The summed E-state index contributed by atoms with van der Waals surface area (Å²) in [7, 11) is 1.54. The maximum atomic E-state index is 14.3. The van der Waals surface area contributed by atoms with E-state index in [0.29, 0.717) is 22.7 Å². The molecule has 142 valence electrons. The largest absolute Gasteiger partial charge is 0.383 e. The molecule has 0 unspecified atom stereocenters. The topological polar surface area (TPSA) is 43.6 Å². The van der Waals surface area contributed by atoms with Crippen LogP contribution in [0.3, 0.4) is 0 Å². The van der Waals surface area contributed by atoms with Crippen LogP contribution in [0.25, 0.3) is 10.2 Å². The van der Waals surface area contributed by atoms with Crippen molar-refractivity contribution in [1.29, 1.82) is 0 Å². The number of benzene rings is 2. The first-order valence-electron chi connectivity index (χ1n) is 8.50. The van der Waals surface area contributed by atoms with E-state index in [1.165, 1.54) is 13.2 Å². The zero-order valence-corrected chi connectivity index (χ0v) is 16.2. The molecule has 0 aliphatic heterocycles. The SMILES string of the molecule is COCCn1c(=NC(=O)Cc2ccc(C)cc2C)sc2cc(F)cc(F)c21. The van der Waals surface area contributed by atoms with E-state index < -0.39 is 11.6 Å². The molecule has 0 radical (unpaired) electrons. The lowest BCUT2D eigenvalue weighted by molar-refractivity contribution is -0.117. The van der Waals surface area contributed by atoms with Crippen LogP contribution in [0, 0.1) is 25.5 Å². The Morgan fingerprint density at radius 1 is 1.22 bits per heavy atom. The van der Waals surface area contributed by atoms with E-state index in [1.54, 1.807) is 4.57 Å². The fourth-order valence-electron chi connectivity index (χ4n) is 2.96. The molecule has 27 heavy (non-hydrogen) atoms. The van der Waals surface area contributed by atoms with E-state index in [0.717, 1.165) is 34.1 Å². The summed E-state index contributed by atoms with van der Waals surface area (Å²) in [4.78, 5) is 17.0. The number of aryl methyl sites for hydroxylation is 2. The minimum absolute atomic E-state index is 0.154. The second-order valence-electron chi connectivity index (χ2n) is 6.38. The molecule has 4 nitrogen and oxygen atoms in total. The molecule has 3 aromatic rings. The third kappa shape index (κ3) is 4.31. The molecule has 0 spiro atoms. The average Bonchev–Trinajstić information content (AvgIpc) is 2.92. The van der Waals surface area contributed by atoms with Gasteiger partial charge in [0.05, 0.1) is 23.2 Å². The van der Waals surface area contributed by atoms with Crippen LogP contribution in [0.4, 0.5) is 8.78 Å². The van der Waals surface area contributed by atoms with Crippen molar-refractivity contribution in [3.63, 3.8) is 0 Å². The third-order valence-corrected chi connectivity index (χ3v) is 5.30. The van der Waals surface area contributed by atoms with Gasteiger partial charge in [-0.15, -0.1) is 0 Å². The second-order valence-corrected chi connectivity index (χ2v) is 7.38. The van der Waals surface area contributed by atoms with E-state index in [4.69, 9.17) is 4.74 Å². The van der Waals surface area contributed by atoms with Crippen LogP contribution in [-0.4, -0.2) is 24.2 Å². The predicted molar refractivity (Wildman–Crippen MR) is 102 cm³/mol. The Bertz CT molecular complexity index is 1070. The van der Waals surface area contributed by atoms with Crippen molar-refractivity contribution in [1.82, 2.24) is 4.57 Å². The number of hydrogen-bond acceptors (Lipinski definition) is 3. The minimum atomic E-state index is -0.680. The van der Waals surface area contributed by atoms with Crippen LogP contribution in [0.2, 0.25) is 0 Å². The van der Waals surface area contributed by atoms with Crippen LogP contribution in [-0.2, 0) is 22.5 Å². The first kappa shape index (κ1) is 19.4. The smallest absolute Gasteiger partial charge is 0.252 e. The number of aromatic nitrogens is 1. The van der Waals surface area contributed by atoms with Crippen LogP contribution < -0.4 is 4.80 Å². The first-order chi connectivity index (χ1) is 12.9. The van der Waals surface area contributed by atoms with Gasteiger partial charge in [-0.1, -0.05) is 35.1 Å². The summed E-state index contributed by atoms with van der Waals surface area (Å²) in [6, 6.07) is 7.96. The summed E-state index contributed by atoms with van der Waals surface area (Å²) in [5, 5.41) is 0. The van der Waals surface area contributed by atoms with Crippen molar-refractivity contribution < 1.29 is 18.3 Å². The van der Waals surface area contributed by atoms with Gasteiger partial charge in [0.1, 0.15) is 5.82 Å². The maximum absolute atomic E-state index is 14.3. The fraction of sp³-hybridized carbons (Fsp3) is 0.300. The molecule has 0 atom stereocenters. The summed E-state index contributed by atoms with van der Waals surface area (Å²) in [6.45, 7) is 4.58. The average molecular weight is 390 g/mol. The highest BCUT2D eigenvalue weighted by Gasteiger charge is 2.14. The molecule has 0 N–H and O–H groups in total. The molecule has 1 heterocycles. The number of thiazole rings is 1. The Hall–Kier alpha value is -2.38. The molecular weight excluding hydrogens is 370 g/mol. The molecule has 1 aromatic heterocycles. The van der Waals surface area contributed by atoms with E-state index in [2.05, 4.69) is 4.99 Å². The Labute approximate surface area is 159 Å². The van der Waals surface area contributed by atoms with Gasteiger partial charge in [-0.25, -0.2) is 8.78 Å². The Morgan fingerprint density at radius 3 is 2.70 bits per heavy atom. The van der Waals surface area contributed by atoms with Crippen molar-refractivity contribution in [2.24, 2.45) is 4.99 Å². The monoisotopic (exact) mass is 390 g/mol.